The summed E-state index contributed by atoms with van der Waals surface area (Å²) < 4.78 is 20.1. The summed E-state index contributed by atoms with van der Waals surface area (Å²) in [5, 5.41) is 0.0274. The molecule has 0 aliphatic heterocycles. The second-order valence-electron chi connectivity index (χ2n) is 2.69. The second kappa shape index (κ2) is 3.64. The molecule has 4 heteroatoms. The van der Waals surface area contributed by atoms with Gasteiger partial charge in [0.05, 0.1) is 6.37 Å². The topological polar surface area (TPSA) is 30.2 Å². The maximum absolute atomic E-state index is 10.9. The van der Waals surface area contributed by atoms with Crippen LogP contribution in [-0.4, -0.2) is 5.24 Å². The molecule has 2 aromatic rings. The van der Waals surface area contributed by atoms with Crippen LogP contribution in [0, 0.1) is 0 Å². The van der Waals surface area contributed by atoms with Gasteiger partial charge in [-0.1, -0.05) is 11.6 Å². The zero-order chi connectivity index (χ0) is 11.9. The molecule has 0 bridgehead atoms. The molecular formula is C10H6Cl2O2. The predicted octanol–water partition coefficient (Wildman–Crippen LogP) is 3.39. The van der Waals surface area contributed by atoms with Crippen LogP contribution < -0.4 is 0 Å². The van der Waals surface area contributed by atoms with Crippen molar-refractivity contribution in [1.29, 1.82) is 0 Å². The van der Waals surface area contributed by atoms with Gasteiger partial charge in [-0.05, 0) is 35.9 Å². The van der Waals surface area contributed by atoms with Crippen LogP contribution in [-0.2, 0) is 11.2 Å². The molecule has 1 heterocycles. The fourth-order valence-electron chi connectivity index (χ4n) is 1.17. The summed E-state index contributed by atoms with van der Waals surface area (Å²) in [6, 6.07) is 6.27. The van der Waals surface area contributed by atoms with Gasteiger partial charge in [0, 0.05) is 13.2 Å². The van der Waals surface area contributed by atoms with Crippen LogP contribution in [0.2, 0.25) is 5.02 Å². The van der Waals surface area contributed by atoms with E-state index < -0.39 is 11.6 Å². The summed E-state index contributed by atoms with van der Waals surface area (Å²) in [6.07, 6.45) is -2.33. The van der Waals surface area contributed by atoms with Crippen molar-refractivity contribution in [3.8, 4) is 0 Å². The largest absolute Gasteiger partial charge is 0.461 e. The van der Waals surface area contributed by atoms with Crippen molar-refractivity contribution in [1.82, 2.24) is 0 Å². The lowest BCUT2D eigenvalue weighted by Gasteiger charge is -1.88. The van der Waals surface area contributed by atoms with Gasteiger partial charge < -0.3 is 4.42 Å². The minimum atomic E-state index is -2.33. The number of benzene rings is 1. The molecule has 1 aromatic heterocycles. The molecule has 0 atom stereocenters. The Bertz CT molecular complexity index is 563. The van der Waals surface area contributed by atoms with E-state index in [4.69, 9.17) is 30.4 Å². The van der Waals surface area contributed by atoms with E-state index >= 15 is 0 Å². The van der Waals surface area contributed by atoms with Gasteiger partial charge in [-0.25, -0.2) is 0 Å². The third-order valence-electron chi connectivity index (χ3n) is 1.70. The fourth-order valence-corrected chi connectivity index (χ4v) is 1.45. The van der Waals surface area contributed by atoms with Crippen molar-refractivity contribution in [3.63, 3.8) is 0 Å². The molecule has 0 saturated carbocycles. The Morgan fingerprint density at radius 1 is 1.50 bits per heavy atom. The standard InChI is InChI=1S/C10H6Cl2O2/c11-7-1-2-9-6(3-7)4-8(14-9)5-10(12)13/h1-4H,5H2/i5D2. The summed E-state index contributed by atoms with van der Waals surface area (Å²) in [7, 11) is 0. The van der Waals surface area contributed by atoms with Crippen LogP contribution in [0.5, 0.6) is 0 Å². The molecule has 0 fully saturated rings. The van der Waals surface area contributed by atoms with E-state index in [1.165, 1.54) is 6.07 Å². The van der Waals surface area contributed by atoms with Gasteiger partial charge in [-0.3, -0.25) is 4.79 Å². The molecule has 0 N–H and O–H groups in total. The minimum absolute atomic E-state index is 0.121. The molecule has 14 heavy (non-hydrogen) atoms. The third-order valence-corrected chi connectivity index (χ3v) is 2.03. The molecule has 2 rings (SSSR count). The van der Waals surface area contributed by atoms with Gasteiger partial charge in [-0.15, -0.1) is 0 Å². The first-order valence-corrected chi connectivity index (χ1v) is 4.56. The van der Waals surface area contributed by atoms with Gasteiger partial charge in [0.2, 0.25) is 5.24 Å². The van der Waals surface area contributed by atoms with Crippen LogP contribution in [0.25, 0.3) is 11.0 Å². The highest BCUT2D eigenvalue weighted by Gasteiger charge is 2.06. The second-order valence-corrected chi connectivity index (χ2v) is 3.47. The highest BCUT2D eigenvalue weighted by atomic mass is 35.5. The summed E-state index contributed by atoms with van der Waals surface area (Å²) in [4.78, 5) is 10.9. The van der Waals surface area contributed by atoms with E-state index in [9.17, 15) is 4.79 Å². The number of rotatable bonds is 2. The lowest BCUT2D eigenvalue weighted by Crippen LogP contribution is -1.89. The Morgan fingerprint density at radius 3 is 3.00 bits per heavy atom. The first-order chi connectivity index (χ1) is 7.41. The Hall–Kier alpha value is -0.990. The Balaban J connectivity index is 2.59. The molecule has 72 valence electrons. The number of carbonyl (C=O) groups excluding carboxylic acids is 1. The molecule has 0 aliphatic carbocycles. The summed E-state index contributed by atoms with van der Waals surface area (Å²) in [5.74, 6) is -0.121. The Kier molecular flexibility index (Phi) is 1.90. The van der Waals surface area contributed by atoms with E-state index in [2.05, 4.69) is 0 Å². The van der Waals surface area contributed by atoms with Crippen LogP contribution in [0.3, 0.4) is 0 Å². The number of carbonyl (C=O) groups is 1. The van der Waals surface area contributed by atoms with E-state index in [1.54, 1.807) is 18.2 Å². The summed E-state index contributed by atoms with van der Waals surface area (Å²) >= 11 is 10.9. The van der Waals surface area contributed by atoms with Crippen molar-refractivity contribution < 1.29 is 12.0 Å². The van der Waals surface area contributed by atoms with Gasteiger partial charge >= 0.3 is 0 Å². The molecule has 0 aliphatic rings. The normalized spacial score (nSPS) is 13.9. The monoisotopic (exact) mass is 230 g/mol. The fraction of sp³-hybridized carbons (Fsp3) is 0.100. The van der Waals surface area contributed by atoms with Crippen molar-refractivity contribution in [3.05, 3.63) is 35.0 Å². The van der Waals surface area contributed by atoms with E-state index in [1.807, 2.05) is 0 Å². The first-order valence-electron chi connectivity index (χ1n) is 4.81. The number of halogens is 2. The van der Waals surface area contributed by atoms with E-state index in [0.717, 1.165) is 0 Å². The lowest BCUT2D eigenvalue weighted by atomic mass is 10.2. The van der Waals surface area contributed by atoms with Crippen LogP contribution in [0.4, 0.5) is 0 Å². The first kappa shape index (κ1) is 7.32. The smallest absolute Gasteiger partial charge is 0.229 e. The molecule has 0 unspecified atom stereocenters. The van der Waals surface area contributed by atoms with Gasteiger partial charge in [0.15, 0.2) is 0 Å². The quantitative estimate of drug-likeness (QED) is 0.741. The van der Waals surface area contributed by atoms with Gasteiger partial charge in [0.25, 0.3) is 0 Å². The molecular weight excluding hydrogens is 223 g/mol. The van der Waals surface area contributed by atoms with Crippen molar-refractivity contribution >= 4 is 39.4 Å². The molecule has 2 nitrogen and oxygen atoms in total. The lowest BCUT2D eigenvalue weighted by molar-refractivity contribution is -0.111. The Morgan fingerprint density at radius 2 is 2.29 bits per heavy atom. The van der Waals surface area contributed by atoms with Gasteiger partial charge in [0.1, 0.15) is 11.3 Å². The highest BCUT2D eigenvalue weighted by Crippen LogP contribution is 2.23. The SMILES string of the molecule is [2H]C([2H])(C(=O)Cl)c1cc2cc(Cl)ccc2o1. The predicted molar refractivity (Wildman–Crippen MR) is 55.8 cm³/mol. The maximum atomic E-state index is 10.9. The van der Waals surface area contributed by atoms with Crippen molar-refractivity contribution in [2.75, 3.05) is 0 Å². The van der Waals surface area contributed by atoms with Crippen LogP contribution in [0.1, 0.15) is 8.50 Å². The van der Waals surface area contributed by atoms with Gasteiger partial charge in [-0.2, -0.15) is 0 Å². The van der Waals surface area contributed by atoms with E-state index in [0.29, 0.717) is 16.0 Å². The van der Waals surface area contributed by atoms with Crippen molar-refractivity contribution in [2.24, 2.45) is 0 Å². The number of fused-ring (bicyclic) bond motifs is 1. The average Bonchev–Trinajstić information content (AvgIpc) is 2.60. The van der Waals surface area contributed by atoms with Crippen LogP contribution >= 0.6 is 23.2 Å². The Labute approximate surface area is 93.2 Å². The van der Waals surface area contributed by atoms with E-state index in [-0.39, 0.29) is 5.76 Å². The molecule has 1 aromatic carbocycles. The zero-order valence-corrected chi connectivity index (χ0v) is 8.39. The number of furan rings is 1. The molecule has 0 saturated heterocycles. The number of hydrogen-bond donors (Lipinski definition) is 0. The highest BCUT2D eigenvalue weighted by molar-refractivity contribution is 6.63. The average molecular weight is 231 g/mol. The van der Waals surface area contributed by atoms with Crippen molar-refractivity contribution in [2.45, 2.75) is 6.37 Å². The third kappa shape index (κ3) is 1.91. The maximum Gasteiger partial charge on any atom is 0.229 e. The number of hydrogen-bond acceptors (Lipinski definition) is 2. The summed E-state index contributed by atoms with van der Waals surface area (Å²) in [6.45, 7) is 0. The van der Waals surface area contributed by atoms with Crippen LogP contribution in [0.15, 0.2) is 28.7 Å². The minimum Gasteiger partial charge on any atom is -0.461 e. The summed E-state index contributed by atoms with van der Waals surface area (Å²) in [5.41, 5.74) is 0.459. The molecule has 0 amide bonds. The molecule has 0 radical (unpaired) electrons. The molecule has 0 spiro atoms. The zero-order valence-electron chi connectivity index (χ0n) is 8.88.